The van der Waals surface area contributed by atoms with Gasteiger partial charge in [0.05, 0.1) is 17.4 Å². The Labute approximate surface area is 145 Å². The summed E-state index contributed by atoms with van der Waals surface area (Å²) in [5.74, 6) is 0.885. The molecule has 0 spiro atoms. The Morgan fingerprint density at radius 1 is 1.16 bits per heavy atom. The zero-order chi connectivity index (χ0) is 17.8. The summed E-state index contributed by atoms with van der Waals surface area (Å²) in [5.41, 5.74) is 1.53. The van der Waals surface area contributed by atoms with E-state index in [0.29, 0.717) is 22.5 Å². The molecule has 0 aliphatic rings. The van der Waals surface area contributed by atoms with E-state index in [-0.39, 0.29) is 24.6 Å². The van der Waals surface area contributed by atoms with Crippen LogP contribution in [0.2, 0.25) is 0 Å². The number of amides is 1. The number of hydrogen-bond acceptors (Lipinski definition) is 4. The van der Waals surface area contributed by atoms with Crippen LogP contribution in [0.4, 0.5) is 0 Å². The van der Waals surface area contributed by atoms with Crippen LogP contribution < -0.4 is 10.3 Å². The van der Waals surface area contributed by atoms with Crippen molar-refractivity contribution < 1.29 is 9.53 Å². The highest BCUT2D eigenvalue weighted by molar-refractivity contribution is 5.78. The monoisotopic (exact) mass is 337 g/mol. The molecule has 1 amide bonds. The van der Waals surface area contributed by atoms with Gasteiger partial charge in [0.25, 0.3) is 11.5 Å². The predicted molar refractivity (Wildman–Crippen MR) is 95.5 cm³/mol. The summed E-state index contributed by atoms with van der Waals surface area (Å²) in [6.07, 6.45) is 0. The average molecular weight is 337 g/mol. The zero-order valence-electron chi connectivity index (χ0n) is 14.2. The van der Waals surface area contributed by atoms with Gasteiger partial charge >= 0.3 is 0 Å². The Morgan fingerprint density at radius 3 is 2.64 bits per heavy atom. The van der Waals surface area contributed by atoms with Gasteiger partial charge in [0.1, 0.15) is 11.6 Å². The molecule has 2 aromatic carbocycles. The lowest BCUT2D eigenvalue weighted by Crippen LogP contribution is -2.32. The van der Waals surface area contributed by atoms with Gasteiger partial charge in [-0.2, -0.15) is 0 Å². The quantitative estimate of drug-likeness (QED) is 0.775. The van der Waals surface area contributed by atoms with Crippen molar-refractivity contribution in [2.24, 2.45) is 0 Å². The predicted octanol–water partition coefficient (Wildman–Crippen LogP) is 2.27. The summed E-state index contributed by atoms with van der Waals surface area (Å²) in [6, 6.07) is 14.6. The minimum Gasteiger partial charge on any atom is -0.484 e. The third kappa shape index (κ3) is 4.03. The molecule has 3 aromatic rings. The second kappa shape index (κ2) is 7.17. The highest BCUT2D eigenvalue weighted by Crippen LogP contribution is 2.11. The van der Waals surface area contributed by atoms with Crippen LogP contribution in [0.15, 0.2) is 53.3 Å². The first-order chi connectivity index (χ1) is 12.0. The minimum absolute atomic E-state index is 0.0720. The lowest BCUT2D eigenvalue weighted by atomic mass is 10.2. The second-order valence-electron chi connectivity index (χ2n) is 5.88. The highest BCUT2D eigenvalue weighted by atomic mass is 16.5. The molecule has 0 atom stereocenters. The number of nitrogens with zero attached hydrogens (tertiary/aromatic N) is 2. The van der Waals surface area contributed by atoms with Crippen molar-refractivity contribution in [1.29, 1.82) is 0 Å². The van der Waals surface area contributed by atoms with Gasteiger partial charge in [-0.3, -0.25) is 9.59 Å². The van der Waals surface area contributed by atoms with Crippen molar-refractivity contribution in [2.75, 3.05) is 13.7 Å². The SMILES string of the molecule is Cc1ccc(OCC(=O)N(C)Cc2nc3ccccc3c(=O)[nH]2)cc1. The fourth-order valence-electron chi connectivity index (χ4n) is 2.41. The number of rotatable bonds is 5. The average Bonchev–Trinajstić information content (AvgIpc) is 2.61. The molecule has 6 nitrogen and oxygen atoms in total. The van der Waals surface area contributed by atoms with E-state index in [4.69, 9.17) is 4.74 Å². The van der Waals surface area contributed by atoms with Gasteiger partial charge in [-0.05, 0) is 31.2 Å². The number of aryl methyl sites for hydroxylation is 1. The van der Waals surface area contributed by atoms with E-state index in [1.165, 1.54) is 4.90 Å². The molecule has 3 rings (SSSR count). The maximum absolute atomic E-state index is 12.2. The maximum Gasteiger partial charge on any atom is 0.260 e. The normalized spacial score (nSPS) is 10.6. The Bertz CT molecular complexity index is 948. The van der Waals surface area contributed by atoms with E-state index in [0.717, 1.165) is 5.56 Å². The molecular formula is C19H19N3O3. The maximum atomic E-state index is 12.2. The summed E-state index contributed by atoms with van der Waals surface area (Å²) >= 11 is 0. The summed E-state index contributed by atoms with van der Waals surface area (Å²) in [5, 5.41) is 0.530. The second-order valence-corrected chi connectivity index (χ2v) is 5.88. The fraction of sp³-hybridized carbons (Fsp3) is 0.211. The third-order valence-corrected chi connectivity index (χ3v) is 3.86. The zero-order valence-corrected chi connectivity index (χ0v) is 14.2. The lowest BCUT2D eigenvalue weighted by molar-refractivity contribution is -0.132. The molecule has 1 aromatic heterocycles. The van der Waals surface area contributed by atoms with Gasteiger partial charge in [-0.25, -0.2) is 4.98 Å². The van der Waals surface area contributed by atoms with Crippen molar-refractivity contribution in [3.63, 3.8) is 0 Å². The molecule has 25 heavy (non-hydrogen) atoms. The Balaban J connectivity index is 1.65. The van der Waals surface area contributed by atoms with Crippen molar-refractivity contribution in [3.8, 4) is 5.75 Å². The van der Waals surface area contributed by atoms with E-state index in [1.807, 2.05) is 37.3 Å². The van der Waals surface area contributed by atoms with E-state index < -0.39 is 0 Å². The molecule has 0 radical (unpaired) electrons. The van der Waals surface area contributed by atoms with Crippen LogP contribution in [-0.2, 0) is 11.3 Å². The lowest BCUT2D eigenvalue weighted by Gasteiger charge is -2.17. The molecule has 0 fully saturated rings. The number of carbonyl (C=O) groups is 1. The van der Waals surface area contributed by atoms with Crippen molar-refractivity contribution in [3.05, 3.63) is 70.3 Å². The van der Waals surface area contributed by atoms with Gasteiger partial charge in [0, 0.05) is 7.05 Å². The van der Waals surface area contributed by atoms with E-state index in [1.54, 1.807) is 25.2 Å². The third-order valence-electron chi connectivity index (χ3n) is 3.86. The first kappa shape index (κ1) is 16.7. The fourth-order valence-corrected chi connectivity index (χ4v) is 2.41. The number of para-hydroxylation sites is 1. The molecule has 0 unspecified atom stereocenters. The number of aromatic nitrogens is 2. The molecule has 0 saturated carbocycles. The standard InChI is InChI=1S/C19H19N3O3/c1-13-7-9-14(10-8-13)25-12-18(23)22(2)11-17-20-16-6-4-3-5-15(16)19(24)21-17/h3-10H,11-12H2,1-2H3,(H,20,21,24). The van der Waals surface area contributed by atoms with Gasteiger partial charge in [-0.15, -0.1) is 0 Å². The number of benzene rings is 2. The van der Waals surface area contributed by atoms with Crippen LogP contribution in [0.5, 0.6) is 5.75 Å². The molecule has 6 heteroatoms. The largest absolute Gasteiger partial charge is 0.484 e. The smallest absolute Gasteiger partial charge is 0.260 e. The van der Waals surface area contributed by atoms with Crippen LogP contribution in [0, 0.1) is 6.92 Å². The Hall–Kier alpha value is -3.15. The first-order valence-corrected chi connectivity index (χ1v) is 7.94. The van der Waals surface area contributed by atoms with E-state index >= 15 is 0 Å². The molecule has 0 saturated heterocycles. The summed E-state index contributed by atoms with van der Waals surface area (Å²) in [6.45, 7) is 2.12. The van der Waals surface area contributed by atoms with Crippen molar-refractivity contribution in [1.82, 2.24) is 14.9 Å². The molecule has 1 heterocycles. The number of ether oxygens (including phenoxy) is 1. The van der Waals surface area contributed by atoms with Crippen LogP contribution in [0.3, 0.4) is 0 Å². The minimum atomic E-state index is -0.211. The number of aromatic amines is 1. The van der Waals surface area contributed by atoms with Crippen LogP contribution in [0.25, 0.3) is 10.9 Å². The van der Waals surface area contributed by atoms with Crippen LogP contribution in [0.1, 0.15) is 11.4 Å². The molecule has 128 valence electrons. The number of carbonyl (C=O) groups excluding carboxylic acids is 1. The first-order valence-electron chi connectivity index (χ1n) is 7.94. The number of hydrogen-bond donors (Lipinski definition) is 1. The van der Waals surface area contributed by atoms with Crippen LogP contribution in [-0.4, -0.2) is 34.4 Å². The van der Waals surface area contributed by atoms with Crippen molar-refractivity contribution in [2.45, 2.75) is 13.5 Å². The molecular weight excluding hydrogens is 318 g/mol. The van der Waals surface area contributed by atoms with Gasteiger partial charge in [0.15, 0.2) is 6.61 Å². The van der Waals surface area contributed by atoms with Crippen LogP contribution >= 0.6 is 0 Å². The van der Waals surface area contributed by atoms with Gasteiger partial charge in [0.2, 0.25) is 0 Å². The van der Waals surface area contributed by atoms with Crippen molar-refractivity contribution >= 4 is 16.8 Å². The van der Waals surface area contributed by atoms with Gasteiger partial charge in [-0.1, -0.05) is 29.8 Å². The van der Waals surface area contributed by atoms with Gasteiger partial charge < -0.3 is 14.6 Å². The number of H-pyrrole nitrogens is 1. The molecule has 0 aliphatic carbocycles. The van der Waals surface area contributed by atoms with E-state index in [2.05, 4.69) is 9.97 Å². The highest BCUT2D eigenvalue weighted by Gasteiger charge is 2.12. The van der Waals surface area contributed by atoms with E-state index in [9.17, 15) is 9.59 Å². The molecule has 0 bridgehead atoms. The Morgan fingerprint density at radius 2 is 1.88 bits per heavy atom. The number of likely N-dealkylation sites (N-methyl/N-ethyl adjacent to an activating group) is 1. The number of fused-ring (bicyclic) bond motifs is 1. The summed E-state index contributed by atoms with van der Waals surface area (Å²) < 4.78 is 5.49. The topological polar surface area (TPSA) is 75.3 Å². The Kier molecular flexibility index (Phi) is 4.79. The summed E-state index contributed by atoms with van der Waals surface area (Å²) in [4.78, 5) is 32.9. The summed E-state index contributed by atoms with van der Waals surface area (Å²) in [7, 11) is 1.65. The number of nitrogens with one attached hydrogen (secondary N) is 1. The molecule has 1 N–H and O–H groups in total. The molecule has 0 aliphatic heterocycles.